The summed E-state index contributed by atoms with van der Waals surface area (Å²) in [4.78, 5) is 0. The van der Waals surface area contributed by atoms with E-state index in [2.05, 4.69) is 72.8 Å². The molecule has 0 saturated heterocycles. The Morgan fingerprint density at radius 2 is 0.800 bits per heavy atom. The molecule has 0 saturated carbocycles. The lowest BCUT2D eigenvalue weighted by molar-refractivity contribution is 0.174. The zero-order valence-electron chi connectivity index (χ0n) is 13.5. The van der Waals surface area contributed by atoms with Crippen LogP contribution in [0.4, 0.5) is 0 Å². The van der Waals surface area contributed by atoms with Gasteiger partial charge in [-0.2, -0.15) is 0 Å². The number of rotatable bonds is 0. The second kappa shape index (κ2) is 4.64. The second-order valence-electron chi connectivity index (χ2n) is 6.65. The first-order valence-corrected chi connectivity index (χ1v) is 8.43. The summed E-state index contributed by atoms with van der Waals surface area (Å²) in [5.41, 5.74) is 0. The molecule has 118 valence electrons. The van der Waals surface area contributed by atoms with E-state index in [0.29, 0.717) is 6.79 Å². The zero-order valence-corrected chi connectivity index (χ0v) is 13.5. The first-order chi connectivity index (χ1) is 12.3. The van der Waals surface area contributed by atoms with E-state index in [4.69, 9.17) is 9.47 Å². The molecule has 1 heterocycles. The van der Waals surface area contributed by atoms with Crippen molar-refractivity contribution >= 4 is 43.1 Å². The number of fused-ring (bicyclic) bond motifs is 5. The van der Waals surface area contributed by atoms with E-state index < -0.39 is 0 Å². The van der Waals surface area contributed by atoms with Crippen molar-refractivity contribution < 1.29 is 9.47 Å². The number of benzene rings is 5. The Morgan fingerprint density at radius 3 is 1.24 bits per heavy atom. The van der Waals surface area contributed by atoms with Crippen molar-refractivity contribution in [2.45, 2.75) is 0 Å². The Morgan fingerprint density at radius 1 is 0.440 bits per heavy atom. The molecule has 25 heavy (non-hydrogen) atoms. The molecule has 0 spiro atoms. The van der Waals surface area contributed by atoms with E-state index in [1.165, 1.54) is 43.1 Å². The van der Waals surface area contributed by atoms with Gasteiger partial charge in [-0.1, -0.05) is 24.3 Å². The van der Waals surface area contributed by atoms with Gasteiger partial charge < -0.3 is 9.47 Å². The molecule has 0 radical (unpaired) electrons. The summed E-state index contributed by atoms with van der Waals surface area (Å²) in [5.74, 6) is 1.66. The van der Waals surface area contributed by atoms with E-state index in [0.717, 1.165) is 11.5 Å². The van der Waals surface area contributed by atoms with Crippen molar-refractivity contribution in [2.24, 2.45) is 0 Å². The topological polar surface area (TPSA) is 18.5 Å². The third kappa shape index (κ3) is 1.91. The van der Waals surface area contributed by atoms with Gasteiger partial charge in [0.2, 0.25) is 6.79 Å². The first kappa shape index (κ1) is 13.1. The van der Waals surface area contributed by atoms with Crippen molar-refractivity contribution in [3.8, 4) is 11.5 Å². The molecule has 0 atom stereocenters. The summed E-state index contributed by atoms with van der Waals surface area (Å²) < 4.78 is 11.0. The van der Waals surface area contributed by atoms with Crippen molar-refractivity contribution in [3.05, 3.63) is 72.8 Å². The number of ether oxygens (including phenoxy) is 2. The quantitative estimate of drug-likeness (QED) is 0.324. The Bertz CT molecular complexity index is 1220. The minimum absolute atomic E-state index is 0.307. The van der Waals surface area contributed by atoms with Gasteiger partial charge in [0, 0.05) is 0 Å². The van der Waals surface area contributed by atoms with Crippen LogP contribution in [0, 0.1) is 0 Å². The molecule has 6 rings (SSSR count). The fourth-order valence-electron chi connectivity index (χ4n) is 3.84. The average molecular weight is 322 g/mol. The van der Waals surface area contributed by atoms with Gasteiger partial charge in [0.1, 0.15) is 0 Å². The fraction of sp³-hybridized carbons (Fsp3) is 0.0435. The molecular formula is C23H14O2. The van der Waals surface area contributed by atoms with E-state index in [1.54, 1.807) is 0 Å². The van der Waals surface area contributed by atoms with Crippen LogP contribution < -0.4 is 9.47 Å². The number of hydrogen-bond donors (Lipinski definition) is 0. The van der Waals surface area contributed by atoms with Gasteiger partial charge >= 0.3 is 0 Å². The summed E-state index contributed by atoms with van der Waals surface area (Å²) in [5, 5.41) is 9.94. The maximum absolute atomic E-state index is 5.51. The number of hydrogen-bond acceptors (Lipinski definition) is 2. The lowest BCUT2D eigenvalue weighted by Crippen LogP contribution is -1.92. The van der Waals surface area contributed by atoms with Gasteiger partial charge in [-0.25, -0.2) is 0 Å². The van der Waals surface area contributed by atoms with Crippen molar-refractivity contribution in [1.82, 2.24) is 0 Å². The van der Waals surface area contributed by atoms with E-state index in [-0.39, 0.29) is 0 Å². The lowest BCUT2D eigenvalue weighted by atomic mass is 9.97. The molecule has 2 heteroatoms. The molecule has 0 fully saturated rings. The van der Waals surface area contributed by atoms with Crippen LogP contribution in [-0.2, 0) is 0 Å². The highest BCUT2D eigenvalue weighted by atomic mass is 16.7. The Hall–Kier alpha value is -3.26. The SMILES string of the molecule is c1ccc2cc3cc4cc5cc6c(cc5cc4cc3cc2c1)OCO6. The maximum Gasteiger partial charge on any atom is 0.231 e. The molecule has 0 aliphatic carbocycles. The monoisotopic (exact) mass is 322 g/mol. The van der Waals surface area contributed by atoms with Crippen LogP contribution in [0.15, 0.2) is 72.8 Å². The molecule has 0 unspecified atom stereocenters. The molecule has 1 aliphatic heterocycles. The van der Waals surface area contributed by atoms with Crippen molar-refractivity contribution in [2.75, 3.05) is 6.79 Å². The minimum Gasteiger partial charge on any atom is -0.454 e. The van der Waals surface area contributed by atoms with Gasteiger partial charge in [-0.05, 0) is 91.6 Å². The summed E-state index contributed by atoms with van der Waals surface area (Å²) >= 11 is 0. The van der Waals surface area contributed by atoms with E-state index >= 15 is 0 Å². The smallest absolute Gasteiger partial charge is 0.231 e. The molecule has 1 aliphatic rings. The third-order valence-electron chi connectivity index (χ3n) is 5.11. The summed E-state index contributed by atoms with van der Waals surface area (Å²) in [6, 6.07) is 26.2. The second-order valence-corrected chi connectivity index (χ2v) is 6.65. The molecule has 5 aromatic rings. The highest BCUT2D eigenvalue weighted by Crippen LogP contribution is 2.38. The molecule has 0 bridgehead atoms. The Balaban J connectivity index is 1.69. The zero-order chi connectivity index (χ0) is 16.4. The van der Waals surface area contributed by atoms with Gasteiger partial charge in [0.25, 0.3) is 0 Å². The standard InChI is InChI=1S/C23H14O2/c1-2-4-15-6-17-8-19-10-21-12-23-22(24-13-25-23)11-20(21)9-18(19)7-16(17)5-14(15)3-1/h1-12H,13H2. The Kier molecular flexibility index (Phi) is 2.43. The summed E-state index contributed by atoms with van der Waals surface area (Å²) in [6.07, 6.45) is 0. The van der Waals surface area contributed by atoms with Crippen molar-refractivity contribution in [3.63, 3.8) is 0 Å². The Labute approximate surface area is 144 Å². The summed E-state index contributed by atoms with van der Waals surface area (Å²) in [6.45, 7) is 0.307. The third-order valence-corrected chi connectivity index (χ3v) is 5.11. The first-order valence-electron chi connectivity index (χ1n) is 8.43. The average Bonchev–Trinajstić information content (AvgIpc) is 3.08. The van der Waals surface area contributed by atoms with Crippen LogP contribution in [0.5, 0.6) is 11.5 Å². The lowest BCUT2D eigenvalue weighted by Gasteiger charge is -2.08. The molecule has 2 nitrogen and oxygen atoms in total. The predicted molar refractivity (Wildman–Crippen MR) is 103 cm³/mol. The predicted octanol–water partition coefficient (Wildman–Crippen LogP) is 6.03. The largest absolute Gasteiger partial charge is 0.454 e. The van der Waals surface area contributed by atoms with Crippen LogP contribution in [0.3, 0.4) is 0 Å². The van der Waals surface area contributed by atoms with E-state index in [9.17, 15) is 0 Å². The van der Waals surface area contributed by atoms with Gasteiger partial charge in [-0.15, -0.1) is 0 Å². The van der Waals surface area contributed by atoms with Gasteiger partial charge in [0.05, 0.1) is 0 Å². The molecule has 0 N–H and O–H groups in total. The van der Waals surface area contributed by atoms with Crippen LogP contribution in [-0.4, -0.2) is 6.79 Å². The summed E-state index contributed by atoms with van der Waals surface area (Å²) in [7, 11) is 0. The van der Waals surface area contributed by atoms with E-state index in [1.807, 2.05) is 0 Å². The molecule has 5 aromatic carbocycles. The fourth-order valence-corrected chi connectivity index (χ4v) is 3.84. The van der Waals surface area contributed by atoms with Gasteiger partial charge in [0.15, 0.2) is 11.5 Å². The molecule has 0 amide bonds. The normalized spacial score (nSPS) is 13.3. The highest BCUT2D eigenvalue weighted by molar-refractivity contribution is 6.08. The minimum atomic E-state index is 0.307. The van der Waals surface area contributed by atoms with Crippen molar-refractivity contribution in [1.29, 1.82) is 0 Å². The molecule has 0 aromatic heterocycles. The van der Waals surface area contributed by atoms with Crippen LogP contribution in [0.1, 0.15) is 0 Å². The van der Waals surface area contributed by atoms with Crippen LogP contribution in [0.2, 0.25) is 0 Å². The maximum atomic E-state index is 5.51. The highest BCUT2D eigenvalue weighted by Gasteiger charge is 2.14. The van der Waals surface area contributed by atoms with Crippen LogP contribution in [0.25, 0.3) is 43.1 Å². The van der Waals surface area contributed by atoms with Crippen LogP contribution >= 0.6 is 0 Å². The molecular weight excluding hydrogens is 308 g/mol. The van der Waals surface area contributed by atoms with Gasteiger partial charge in [-0.3, -0.25) is 0 Å².